The Bertz CT molecular complexity index is 1230. The number of carbonyl (C=O) groups is 5. The van der Waals surface area contributed by atoms with Gasteiger partial charge in [-0.1, -0.05) is 54.6 Å². The number of esters is 2. The van der Waals surface area contributed by atoms with Crippen LogP contribution >= 0.6 is 0 Å². The van der Waals surface area contributed by atoms with E-state index in [1.165, 1.54) is 0 Å². The van der Waals surface area contributed by atoms with Crippen molar-refractivity contribution < 1.29 is 41.9 Å². The minimum atomic E-state index is -5.36. The number of hydrogen-bond acceptors (Lipinski definition) is 6. The Balaban J connectivity index is 1.92. The molecule has 0 saturated carbocycles. The van der Waals surface area contributed by atoms with Crippen molar-refractivity contribution in [1.82, 2.24) is 21.3 Å². The van der Waals surface area contributed by atoms with E-state index in [0.29, 0.717) is 24.9 Å². The van der Waals surface area contributed by atoms with E-state index >= 15 is 0 Å². The van der Waals surface area contributed by atoms with Crippen LogP contribution in [0.5, 0.6) is 0 Å². The summed E-state index contributed by atoms with van der Waals surface area (Å²) in [5, 5.41) is 10.4. The fourth-order valence-electron chi connectivity index (χ4n) is 3.67. The van der Waals surface area contributed by atoms with Gasteiger partial charge in [-0.15, -0.1) is 0 Å². The van der Waals surface area contributed by atoms with Gasteiger partial charge in [-0.3, -0.25) is 14.4 Å². The van der Waals surface area contributed by atoms with Gasteiger partial charge in [0.25, 0.3) is 0 Å². The molecule has 42 heavy (non-hydrogen) atoms. The fraction of sp³-hybridized carbons (Fsp3) is 0.414. The number of ether oxygens (including phenoxy) is 1. The zero-order valence-corrected chi connectivity index (χ0v) is 23.6. The van der Waals surface area contributed by atoms with Crippen LogP contribution in [0.1, 0.15) is 58.1 Å². The molecule has 0 aliphatic rings. The number of halogens is 3. The highest BCUT2D eigenvalue weighted by Gasteiger charge is 2.42. The summed E-state index contributed by atoms with van der Waals surface area (Å²) < 4.78 is 41.5. The maximum absolute atomic E-state index is 12.6. The van der Waals surface area contributed by atoms with E-state index < -0.39 is 48.9 Å². The normalized spacial score (nSPS) is 12.0. The number of rotatable bonds is 12. The van der Waals surface area contributed by atoms with Crippen molar-refractivity contribution in [2.45, 2.75) is 64.2 Å². The lowest BCUT2D eigenvalue weighted by Crippen LogP contribution is -2.46. The van der Waals surface area contributed by atoms with E-state index in [9.17, 15) is 37.1 Å². The molecular formula is C29H35F3N4O6. The Labute approximate surface area is 241 Å². The van der Waals surface area contributed by atoms with E-state index in [1.807, 2.05) is 51.1 Å². The van der Waals surface area contributed by atoms with E-state index in [1.54, 1.807) is 24.3 Å². The van der Waals surface area contributed by atoms with Crippen LogP contribution in [0.2, 0.25) is 0 Å². The standard InChI is InChI=1S/C29H35F3N4O6/c1-28(2,3)36-27(41)33-16-8-7-11-23(37)34-18-24(38)35-22(17-25(39)42-26(40)29(30,31)32)21-14-12-20(13-15-21)19-9-5-4-6-10-19/h4-6,9-10,12-15,22H,7-8,11,16-18H2,1-3H3,(H,34,37)(H,35,38)(H2,33,36,41). The van der Waals surface area contributed by atoms with Crippen molar-refractivity contribution in [3.63, 3.8) is 0 Å². The van der Waals surface area contributed by atoms with Crippen molar-refractivity contribution in [2.24, 2.45) is 0 Å². The third-order valence-corrected chi connectivity index (χ3v) is 5.61. The summed E-state index contributed by atoms with van der Waals surface area (Å²) in [5.74, 6) is -5.28. The first-order valence-electron chi connectivity index (χ1n) is 13.2. The van der Waals surface area contributed by atoms with Gasteiger partial charge >= 0.3 is 24.1 Å². The highest BCUT2D eigenvalue weighted by Crippen LogP contribution is 2.24. The highest BCUT2D eigenvalue weighted by molar-refractivity contribution is 5.89. The predicted molar refractivity (Wildman–Crippen MR) is 148 cm³/mol. The second-order valence-electron chi connectivity index (χ2n) is 10.4. The van der Waals surface area contributed by atoms with Crippen LogP contribution in [-0.4, -0.2) is 54.6 Å². The molecule has 2 rings (SSSR count). The van der Waals surface area contributed by atoms with Gasteiger partial charge < -0.3 is 26.0 Å². The first-order chi connectivity index (χ1) is 19.6. The number of amides is 4. The van der Waals surface area contributed by atoms with E-state index in [0.717, 1.165) is 11.1 Å². The number of unbranched alkanes of at least 4 members (excludes halogenated alkanes) is 1. The molecule has 0 saturated heterocycles. The second-order valence-corrected chi connectivity index (χ2v) is 10.4. The van der Waals surface area contributed by atoms with E-state index in [4.69, 9.17) is 0 Å². The van der Waals surface area contributed by atoms with Gasteiger partial charge in [0.2, 0.25) is 11.8 Å². The molecular weight excluding hydrogens is 557 g/mol. The van der Waals surface area contributed by atoms with Gasteiger partial charge in [0.05, 0.1) is 19.0 Å². The van der Waals surface area contributed by atoms with Crippen LogP contribution in [0.3, 0.4) is 0 Å². The first-order valence-corrected chi connectivity index (χ1v) is 13.2. The van der Waals surface area contributed by atoms with Crippen LogP contribution in [-0.2, 0) is 23.9 Å². The minimum Gasteiger partial charge on any atom is -0.386 e. The second kappa shape index (κ2) is 15.5. The molecule has 4 amide bonds. The molecule has 228 valence electrons. The van der Waals surface area contributed by atoms with Crippen LogP contribution in [0, 0.1) is 0 Å². The van der Waals surface area contributed by atoms with Crippen molar-refractivity contribution in [3.8, 4) is 11.1 Å². The molecule has 0 aliphatic heterocycles. The lowest BCUT2D eigenvalue weighted by molar-refractivity contribution is -0.202. The fourth-order valence-corrected chi connectivity index (χ4v) is 3.67. The molecule has 0 bridgehead atoms. The molecule has 1 unspecified atom stereocenters. The molecule has 2 aromatic rings. The number of benzene rings is 2. The molecule has 0 fully saturated rings. The van der Waals surface area contributed by atoms with Gasteiger partial charge in [-0.2, -0.15) is 13.2 Å². The smallest absolute Gasteiger partial charge is 0.386 e. The third-order valence-electron chi connectivity index (χ3n) is 5.61. The van der Waals surface area contributed by atoms with Gasteiger partial charge in [-0.25, -0.2) is 9.59 Å². The van der Waals surface area contributed by atoms with Crippen molar-refractivity contribution in [1.29, 1.82) is 0 Å². The molecule has 4 N–H and O–H groups in total. The lowest BCUT2D eigenvalue weighted by Gasteiger charge is -2.20. The number of urea groups is 1. The number of hydrogen-bond donors (Lipinski definition) is 4. The summed E-state index contributed by atoms with van der Waals surface area (Å²) >= 11 is 0. The van der Waals surface area contributed by atoms with Crippen molar-refractivity contribution in [2.75, 3.05) is 13.1 Å². The Kier molecular flexibility index (Phi) is 12.5. The first kappa shape index (κ1) is 33.8. The lowest BCUT2D eigenvalue weighted by atomic mass is 9.99. The SMILES string of the molecule is CC(C)(C)NC(=O)NCCCCC(=O)NCC(=O)NC(CC(=O)OC(=O)C(F)(F)F)c1ccc(-c2ccccc2)cc1. The molecule has 0 radical (unpaired) electrons. The summed E-state index contributed by atoms with van der Waals surface area (Å²) in [6.07, 6.45) is -5.06. The minimum absolute atomic E-state index is 0.0894. The zero-order chi connectivity index (χ0) is 31.3. The molecule has 10 nitrogen and oxygen atoms in total. The Morgan fingerprint density at radius 2 is 1.43 bits per heavy atom. The summed E-state index contributed by atoms with van der Waals surface area (Å²) in [6.45, 7) is 5.43. The average Bonchev–Trinajstić information content (AvgIpc) is 2.90. The van der Waals surface area contributed by atoms with Crippen molar-refractivity contribution in [3.05, 3.63) is 60.2 Å². The third kappa shape index (κ3) is 12.8. The summed E-state index contributed by atoms with van der Waals surface area (Å²) in [7, 11) is 0. The molecule has 0 aromatic heterocycles. The molecule has 2 aromatic carbocycles. The van der Waals surface area contributed by atoms with Crippen LogP contribution in [0.15, 0.2) is 54.6 Å². The summed E-state index contributed by atoms with van der Waals surface area (Å²) in [4.78, 5) is 59.6. The molecule has 13 heteroatoms. The number of nitrogens with one attached hydrogen (secondary N) is 4. The maximum atomic E-state index is 12.6. The average molecular weight is 593 g/mol. The van der Waals surface area contributed by atoms with Gasteiger partial charge in [0.15, 0.2) is 0 Å². The van der Waals surface area contributed by atoms with Crippen LogP contribution < -0.4 is 21.3 Å². The molecule has 1 atom stereocenters. The topological polar surface area (TPSA) is 143 Å². The molecule has 0 spiro atoms. The monoisotopic (exact) mass is 592 g/mol. The van der Waals surface area contributed by atoms with Gasteiger partial charge in [0.1, 0.15) is 0 Å². The van der Waals surface area contributed by atoms with E-state index in [2.05, 4.69) is 26.0 Å². The molecule has 0 aliphatic carbocycles. The Morgan fingerprint density at radius 3 is 2.02 bits per heavy atom. The highest BCUT2D eigenvalue weighted by atomic mass is 19.4. The van der Waals surface area contributed by atoms with Gasteiger partial charge in [-0.05, 0) is 50.3 Å². The summed E-state index contributed by atoms with van der Waals surface area (Å²) in [5.41, 5.74) is 1.70. The van der Waals surface area contributed by atoms with Crippen molar-refractivity contribution >= 4 is 29.8 Å². The number of carbonyl (C=O) groups excluding carboxylic acids is 5. The van der Waals surface area contributed by atoms with Crippen LogP contribution in [0.4, 0.5) is 18.0 Å². The maximum Gasteiger partial charge on any atom is 0.491 e. The zero-order valence-electron chi connectivity index (χ0n) is 23.6. The largest absolute Gasteiger partial charge is 0.491 e. The van der Waals surface area contributed by atoms with E-state index in [-0.39, 0.29) is 18.0 Å². The molecule has 0 heterocycles. The van der Waals surface area contributed by atoms with Crippen LogP contribution in [0.25, 0.3) is 11.1 Å². The Hall–Kier alpha value is -4.42. The predicted octanol–water partition coefficient (Wildman–Crippen LogP) is 3.92. The quantitative estimate of drug-likeness (QED) is 0.167. The van der Waals surface area contributed by atoms with Gasteiger partial charge in [0, 0.05) is 18.5 Å². The number of alkyl halides is 3. The Morgan fingerprint density at radius 1 is 0.810 bits per heavy atom. The summed E-state index contributed by atoms with van der Waals surface area (Å²) in [6, 6.07) is 14.4.